The number of aryl methyl sites for hydroxylation is 1. The van der Waals surface area contributed by atoms with Gasteiger partial charge in [-0.3, -0.25) is 4.79 Å². The number of carbonyl (C=O) groups is 1. The van der Waals surface area contributed by atoms with Gasteiger partial charge >= 0.3 is 0 Å². The van der Waals surface area contributed by atoms with Crippen LogP contribution in [0.1, 0.15) is 15.2 Å². The average Bonchev–Trinajstić information content (AvgIpc) is 2.52. The Morgan fingerprint density at radius 1 is 1.43 bits per heavy atom. The maximum Gasteiger partial charge on any atom is 0.151 e. The van der Waals surface area contributed by atoms with E-state index in [-0.39, 0.29) is 0 Å². The van der Waals surface area contributed by atoms with Gasteiger partial charge in [0.05, 0.1) is 7.11 Å². The SMILES string of the molecule is COc1ccc2sc(C)c(C=O)c2c1. The van der Waals surface area contributed by atoms with Crippen LogP contribution < -0.4 is 4.74 Å². The molecular weight excluding hydrogens is 196 g/mol. The number of rotatable bonds is 2. The van der Waals surface area contributed by atoms with E-state index < -0.39 is 0 Å². The van der Waals surface area contributed by atoms with Crippen LogP contribution >= 0.6 is 11.3 Å². The molecule has 2 nitrogen and oxygen atoms in total. The second kappa shape index (κ2) is 3.42. The van der Waals surface area contributed by atoms with Crippen LogP contribution in [0.25, 0.3) is 10.1 Å². The molecule has 1 aromatic carbocycles. The molecule has 0 saturated heterocycles. The molecule has 2 rings (SSSR count). The first-order valence-corrected chi connectivity index (χ1v) is 5.10. The Balaban J connectivity index is 2.77. The van der Waals surface area contributed by atoms with Crippen LogP contribution in [-0.4, -0.2) is 13.4 Å². The van der Waals surface area contributed by atoms with Gasteiger partial charge in [-0.15, -0.1) is 11.3 Å². The van der Waals surface area contributed by atoms with Gasteiger partial charge in [0.15, 0.2) is 6.29 Å². The predicted octanol–water partition coefficient (Wildman–Crippen LogP) is 3.03. The van der Waals surface area contributed by atoms with Gasteiger partial charge < -0.3 is 4.74 Å². The molecule has 0 spiro atoms. The number of aldehydes is 1. The maximum absolute atomic E-state index is 10.9. The number of benzene rings is 1. The molecule has 0 aliphatic heterocycles. The highest BCUT2D eigenvalue weighted by atomic mass is 32.1. The zero-order valence-electron chi connectivity index (χ0n) is 8.03. The number of methoxy groups -OCH3 is 1. The van der Waals surface area contributed by atoms with Crippen molar-refractivity contribution in [3.8, 4) is 5.75 Å². The van der Waals surface area contributed by atoms with E-state index in [1.54, 1.807) is 18.4 Å². The fourth-order valence-corrected chi connectivity index (χ4v) is 2.50. The summed E-state index contributed by atoms with van der Waals surface area (Å²) >= 11 is 1.64. The van der Waals surface area contributed by atoms with Gasteiger partial charge in [0.25, 0.3) is 0 Å². The lowest BCUT2D eigenvalue weighted by Gasteiger charge is -1.98. The minimum absolute atomic E-state index is 0.781. The van der Waals surface area contributed by atoms with Gasteiger partial charge in [0.1, 0.15) is 5.75 Å². The van der Waals surface area contributed by atoms with E-state index in [4.69, 9.17) is 4.74 Å². The predicted molar refractivity (Wildman–Crippen MR) is 58.5 cm³/mol. The van der Waals surface area contributed by atoms with E-state index in [0.29, 0.717) is 0 Å². The molecule has 0 radical (unpaired) electrons. The molecule has 72 valence electrons. The van der Waals surface area contributed by atoms with Crippen LogP contribution in [-0.2, 0) is 0 Å². The molecule has 2 aromatic rings. The van der Waals surface area contributed by atoms with Crippen LogP contribution in [0.2, 0.25) is 0 Å². The Bertz CT molecular complexity index is 485. The van der Waals surface area contributed by atoms with Gasteiger partial charge in [0, 0.05) is 20.5 Å². The third-order valence-corrected chi connectivity index (χ3v) is 3.34. The van der Waals surface area contributed by atoms with Crippen molar-refractivity contribution in [1.82, 2.24) is 0 Å². The highest BCUT2D eigenvalue weighted by Crippen LogP contribution is 2.32. The molecule has 0 atom stereocenters. The first-order chi connectivity index (χ1) is 6.76. The Hall–Kier alpha value is -1.35. The van der Waals surface area contributed by atoms with Crippen LogP contribution in [0.3, 0.4) is 0 Å². The van der Waals surface area contributed by atoms with Crippen LogP contribution in [0, 0.1) is 6.92 Å². The van der Waals surface area contributed by atoms with Crippen LogP contribution in [0.4, 0.5) is 0 Å². The topological polar surface area (TPSA) is 26.3 Å². The fraction of sp³-hybridized carbons (Fsp3) is 0.182. The fourth-order valence-electron chi connectivity index (χ4n) is 1.49. The normalized spacial score (nSPS) is 10.4. The molecule has 1 heterocycles. The number of ether oxygens (including phenoxy) is 1. The first kappa shape index (κ1) is 9.21. The largest absolute Gasteiger partial charge is 0.497 e. The smallest absolute Gasteiger partial charge is 0.151 e. The van der Waals surface area contributed by atoms with E-state index in [1.807, 2.05) is 25.1 Å². The van der Waals surface area contributed by atoms with Crippen molar-refractivity contribution in [2.24, 2.45) is 0 Å². The van der Waals surface area contributed by atoms with Gasteiger partial charge in [-0.05, 0) is 25.1 Å². The summed E-state index contributed by atoms with van der Waals surface area (Å²) in [7, 11) is 1.63. The zero-order chi connectivity index (χ0) is 10.1. The minimum Gasteiger partial charge on any atom is -0.497 e. The van der Waals surface area contributed by atoms with E-state index >= 15 is 0 Å². The van der Waals surface area contributed by atoms with Crippen LogP contribution in [0.5, 0.6) is 5.75 Å². The van der Waals surface area contributed by atoms with Crippen molar-refractivity contribution in [2.75, 3.05) is 7.11 Å². The van der Waals surface area contributed by atoms with Crippen LogP contribution in [0.15, 0.2) is 18.2 Å². The first-order valence-electron chi connectivity index (χ1n) is 4.28. The third-order valence-electron chi connectivity index (χ3n) is 2.24. The third kappa shape index (κ3) is 1.30. The van der Waals surface area contributed by atoms with Gasteiger partial charge in [0.2, 0.25) is 0 Å². The summed E-state index contributed by atoms with van der Waals surface area (Å²) in [5.41, 5.74) is 0.781. The maximum atomic E-state index is 10.9. The van der Waals surface area contributed by atoms with E-state index in [9.17, 15) is 4.79 Å². The Kier molecular flexibility index (Phi) is 2.25. The molecule has 0 amide bonds. The molecule has 0 saturated carbocycles. The molecule has 0 unspecified atom stereocenters. The lowest BCUT2D eigenvalue weighted by Crippen LogP contribution is -1.83. The van der Waals surface area contributed by atoms with E-state index in [0.717, 1.165) is 32.6 Å². The molecular formula is C11H10O2S. The Morgan fingerprint density at radius 3 is 2.86 bits per heavy atom. The van der Waals surface area contributed by atoms with Crippen molar-refractivity contribution >= 4 is 27.7 Å². The Labute approximate surface area is 86.1 Å². The minimum atomic E-state index is 0.781. The number of thiophene rings is 1. The standard InChI is InChI=1S/C11H10O2S/c1-7-10(6-12)9-5-8(13-2)3-4-11(9)14-7/h3-6H,1-2H3. The van der Waals surface area contributed by atoms with E-state index in [1.165, 1.54) is 0 Å². The van der Waals surface area contributed by atoms with Gasteiger partial charge in [-0.2, -0.15) is 0 Å². The van der Waals surface area contributed by atoms with Crippen molar-refractivity contribution < 1.29 is 9.53 Å². The zero-order valence-corrected chi connectivity index (χ0v) is 8.85. The molecule has 3 heteroatoms. The van der Waals surface area contributed by atoms with Gasteiger partial charge in [-0.1, -0.05) is 0 Å². The lowest BCUT2D eigenvalue weighted by atomic mass is 10.1. The second-order valence-electron chi connectivity index (χ2n) is 3.05. The average molecular weight is 206 g/mol. The van der Waals surface area contributed by atoms with Crippen molar-refractivity contribution in [2.45, 2.75) is 6.92 Å². The number of carbonyl (C=O) groups excluding carboxylic acids is 1. The molecule has 0 aliphatic carbocycles. The summed E-state index contributed by atoms with van der Waals surface area (Å²) in [6.45, 7) is 1.96. The lowest BCUT2D eigenvalue weighted by molar-refractivity contribution is 0.112. The molecule has 0 aliphatic rings. The summed E-state index contributed by atoms with van der Waals surface area (Å²) in [6.07, 6.45) is 0.910. The summed E-state index contributed by atoms with van der Waals surface area (Å²) in [5, 5.41) is 0.988. The molecule has 0 N–H and O–H groups in total. The second-order valence-corrected chi connectivity index (χ2v) is 4.31. The molecule has 1 aromatic heterocycles. The summed E-state index contributed by atoms with van der Waals surface area (Å²) in [5.74, 6) is 0.790. The monoisotopic (exact) mass is 206 g/mol. The highest BCUT2D eigenvalue weighted by molar-refractivity contribution is 7.19. The Morgan fingerprint density at radius 2 is 2.21 bits per heavy atom. The molecule has 0 bridgehead atoms. The number of hydrogen-bond donors (Lipinski definition) is 0. The van der Waals surface area contributed by atoms with E-state index in [2.05, 4.69) is 0 Å². The van der Waals surface area contributed by atoms with Crippen molar-refractivity contribution in [3.63, 3.8) is 0 Å². The van der Waals surface area contributed by atoms with Gasteiger partial charge in [-0.25, -0.2) is 0 Å². The molecule has 14 heavy (non-hydrogen) atoms. The summed E-state index contributed by atoms with van der Waals surface area (Å²) in [6, 6.07) is 5.80. The number of hydrogen-bond acceptors (Lipinski definition) is 3. The highest BCUT2D eigenvalue weighted by Gasteiger charge is 2.08. The van der Waals surface area contributed by atoms with Crippen molar-refractivity contribution in [1.29, 1.82) is 0 Å². The quantitative estimate of drug-likeness (QED) is 0.706. The summed E-state index contributed by atoms with van der Waals surface area (Å²) in [4.78, 5) is 11.9. The summed E-state index contributed by atoms with van der Waals surface area (Å²) < 4.78 is 6.25. The molecule has 0 fully saturated rings. The van der Waals surface area contributed by atoms with Crippen molar-refractivity contribution in [3.05, 3.63) is 28.6 Å². The number of fused-ring (bicyclic) bond motifs is 1.